The van der Waals surface area contributed by atoms with E-state index in [0.29, 0.717) is 5.13 Å². The molecule has 0 saturated heterocycles. The molecule has 1 heterocycles. The van der Waals surface area contributed by atoms with Gasteiger partial charge in [0.1, 0.15) is 5.41 Å². The van der Waals surface area contributed by atoms with Crippen molar-refractivity contribution in [1.82, 2.24) is 4.98 Å². The Bertz CT molecular complexity index is 1530. The van der Waals surface area contributed by atoms with Crippen molar-refractivity contribution >= 4 is 22.4 Å². The minimum Gasteiger partial charge on any atom is -0.404 e. The summed E-state index contributed by atoms with van der Waals surface area (Å²) in [5.41, 5.74) is 11.4. The van der Waals surface area contributed by atoms with E-state index >= 15 is 0 Å². The van der Waals surface area contributed by atoms with Gasteiger partial charge < -0.3 is 11.1 Å². The summed E-state index contributed by atoms with van der Waals surface area (Å²) in [4.78, 5) is 15.3. The number of nitrogens with two attached hydrogens (primary N) is 1. The Morgan fingerprint density at radius 3 is 2.69 bits per heavy atom. The van der Waals surface area contributed by atoms with Gasteiger partial charge >= 0.3 is 0 Å². The maximum absolute atomic E-state index is 10.9. The third kappa shape index (κ3) is 7.63. The molecule has 2 unspecified atom stereocenters. The number of carbonyl (C=O) groups excluding carboxylic acids is 1. The van der Waals surface area contributed by atoms with Crippen LogP contribution in [0.1, 0.15) is 56.4 Å². The van der Waals surface area contributed by atoms with Crippen molar-refractivity contribution in [3.8, 4) is 6.07 Å². The molecule has 0 saturated carbocycles. The van der Waals surface area contributed by atoms with E-state index in [2.05, 4.69) is 86.4 Å². The van der Waals surface area contributed by atoms with Crippen LogP contribution in [0.4, 0.5) is 5.13 Å². The molecule has 0 radical (unpaired) electrons. The standard InChI is InChI=1S/C19H19N.C17H21N3OS/c1-14-8-6-7-11-19(13-20)12-18(2,3)17(14)15-9-4-5-10-16(15)19;1-4-8-15(14(5-2)11-18)9-6-7-10-16-12-22-17(20-16)19-13(3)21/h4-11,17H,1,12H2,2-3H3;4-6,8-9,11-12H,1-2,7,10,18H2,3H3,(H,19,20,21)/b8-6-,11-7-;9-6-,14-11+,15-8+. The lowest BCUT2D eigenvalue weighted by molar-refractivity contribution is -0.114. The van der Waals surface area contributed by atoms with Gasteiger partial charge in [-0.2, -0.15) is 5.26 Å². The third-order valence-electron chi connectivity index (χ3n) is 7.37. The number of hydrogen-bond donors (Lipinski definition) is 2. The van der Waals surface area contributed by atoms with Crippen molar-refractivity contribution in [1.29, 1.82) is 5.26 Å². The Morgan fingerprint density at radius 1 is 1.26 bits per heavy atom. The van der Waals surface area contributed by atoms with Crippen LogP contribution in [0.15, 0.2) is 127 Å². The maximum Gasteiger partial charge on any atom is 0.223 e. The Morgan fingerprint density at radius 2 is 2.02 bits per heavy atom. The van der Waals surface area contributed by atoms with E-state index in [1.54, 1.807) is 12.2 Å². The Balaban J connectivity index is 0.000000231. The summed E-state index contributed by atoms with van der Waals surface area (Å²) < 4.78 is 0. The highest BCUT2D eigenvalue weighted by molar-refractivity contribution is 7.13. The van der Waals surface area contributed by atoms with Gasteiger partial charge in [0.15, 0.2) is 5.13 Å². The molecule has 1 aromatic heterocycles. The van der Waals surface area contributed by atoms with Crippen LogP contribution in [0.25, 0.3) is 0 Å². The van der Waals surface area contributed by atoms with Gasteiger partial charge in [-0.1, -0.05) is 113 Å². The number of aromatic nitrogens is 1. The van der Waals surface area contributed by atoms with E-state index in [4.69, 9.17) is 5.73 Å². The van der Waals surface area contributed by atoms with Gasteiger partial charge in [0, 0.05) is 24.4 Å². The van der Waals surface area contributed by atoms with Gasteiger partial charge in [-0.25, -0.2) is 4.98 Å². The average Bonchev–Trinajstić information content (AvgIpc) is 3.42. The average molecular weight is 577 g/mol. The SMILES string of the molecule is C=C/C=C(\C=C/CCc1csc(NC(C)=O)n1)C(/C=C)=C/N.C=C1/C=C\C=C/C2(C#N)CC(C)(C)C1c1ccccc12. The minimum atomic E-state index is -0.522. The number of nitrogens with one attached hydrogen (secondary N) is 1. The first-order valence-corrected chi connectivity index (χ1v) is 14.8. The molecular formula is C36H40N4OS. The molecule has 2 aromatic rings. The van der Waals surface area contributed by atoms with E-state index in [-0.39, 0.29) is 17.2 Å². The van der Waals surface area contributed by atoms with Crippen LogP contribution in [0, 0.1) is 16.7 Å². The second kappa shape index (κ2) is 14.4. The molecule has 2 atom stereocenters. The van der Waals surface area contributed by atoms with Crippen molar-refractivity contribution in [2.75, 3.05) is 5.32 Å². The smallest absolute Gasteiger partial charge is 0.223 e. The van der Waals surface area contributed by atoms with Crippen molar-refractivity contribution < 1.29 is 4.79 Å². The van der Waals surface area contributed by atoms with E-state index < -0.39 is 5.41 Å². The number of benzene rings is 1. The number of carbonyl (C=O) groups is 1. The molecule has 6 heteroatoms. The molecule has 0 aliphatic heterocycles. The number of allylic oxidation sites excluding steroid dienone is 12. The van der Waals surface area contributed by atoms with E-state index in [1.807, 2.05) is 35.8 Å². The third-order valence-corrected chi connectivity index (χ3v) is 8.18. The lowest BCUT2D eigenvalue weighted by Crippen LogP contribution is -2.40. The highest BCUT2D eigenvalue weighted by atomic mass is 32.1. The summed E-state index contributed by atoms with van der Waals surface area (Å²) in [5.74, 6) is 0.168. The fourth-order valence-corrected chi connectivity index (χ4v) is 6.49. The molecule has 2 aliphatic rings. The number of thiazole rings is 1. The summed E-state index contributed by atoms with van der Waals surface area (Å²) in [5, 5.41) is 15.1. The van der Waals surface area contributed by atoms with Gasteiger partial charge in [0.25, 0.3) is 0 Å². The van der Waals surface area contributed by atoms with E-state index in [0.717, 1.165) is 47.2 Å². The van der Waals surface area contributed by atoms with Gasteiger partial charge in [-0.3, -0.25) is 4.79 Å². The molecule has 0 fully saturated rings. The van der Waals surface area contributed by atoms with Crippen molar-refractivity contribution in [2.45, 2.75) is 51.4 Å². The summed E-state index contributed by atoms with van der Waals surface area (Å²) in [6, 6.07) is 10.9. The summed E-state index contributed by atoms with van der Waals surface area (Å²) in [7, 11) is 0. The fourth-order valence-electron chi connectivity index (χ4n) is 5.70. The molecule has 42 heavy (non-hydrogen) atoms. The zero-order valence-corrected chi connectivity index (χ0v) is 25.6. The molecule has 2 aliphatic carbocycles. The molecule has 5 nitrogen and oxygen atoms in total. The zero-order chi connectivity index (χ0) is 30.8. The Labute approximate surface area is 254 Å². The predicted molar refractivity (Wildman–Crippen MR) is 177 cm³/mol. The minimum absolute atomic E-state index is 0.0141. The van der Waals surface area contributed by atoms with Gasteiger partial charge in [-0.05, 0) is 52.5 Å². The van der Waals surface area contributed by atoms with Crippen molar-refractivity contribution in [2.24, 2.45) is 11.1 Å². The first-order chi connectivity index (χ1) is 20.1. The normalized spacial score (nSPS) is 22.3. The highest BCUT2D eigenvalue weighted by Gasteiger charge is 2.48. The van der Waals surface area contributed by atoms with Crippen LogP contribution >= 0.6 is 11.3 Å². The molecule has 216 valence electrons. The second-order valence-electron chi connectivity index (χ2n) is 11.0. The van der Waals surface area contributed by atoms with Crippen LogP contribution in [0.3, 0.4) is 0 Å². The molecule has 1 amide bonds. The number of amides is 1. The molecular weight excluding hydrogens is 536 g/mol. The molecule has 1 aromatic carbocycles. The van der Waals surface area contributed by atoms with Crippen molar-refractivity contribution in [3.63, 3.8) is 0 Å². The van der Waals surface area contributed by atoms with E-state index in [1.165, 1.54) is 30.0 Å². The molecule has 0 spiro atoms. The van der Waals surface area contributed by atoms with Crippen LogP contribution in [-0.2, 0) is 16.6 Å². The monoisotopic (exact) mass is 576 g/mol. The number of fused-ring (bicyclic) bond motifs is 6. The maximum atomic E-state index is 10.9. The number of nitrogens with zero attached hydrogens (tertiary/aromatic N) is 2. The first-order valence-electron chi connectivity index (χ1n) is 13.9. The van der Waals surface area contributed by atoms with E-state index in [9.17, 15) is 10.1 Å². The quantitative estimate of drug-likeness (QED) is 0.309. The van der Waals surface area contributed by atoms with Gasteiger partial charge in [0.05, 0.1) is 11.8 Å². The lowest BCUT2D eigenvalue weighted by Gasteiger charge is -2.46. The lowest BCUT2D eigenvalue weighted by atomic mass is 9.55. The number of nitriles is 1. The molecule has 4 rings (SSSR count). The zero-order valence-electron chi connectivity index (χ0n) is 24.8. The summed E-state index contributed by atoms with van der Waals surface area (Å²) in [6.07, 6.45) is 21.5. The number of anilines is 1. The number of hydrogen-bond acceptors (Lipinski definition) is 5. The fraction of sp³-hybridized carbons (Fsp3) is 0.250. The van der Waals surface area contributed by atoms with Crippen LogP contribution in [-0.4, -0.2) is 10.9 Å². The second-order valence-corrected chi connectivity index (χ2v) is 11.9. The van der Waals surface area contributed by atoms with Crippen molar-refractivity contribution in [3.05, 3.63) is 144 Å². The van der Waals surface area contributed by atoms with Crippen LogP contribution < -0.4 is 11.1 Å². The Kier molecular flexibility index (Phi) is 11.0. The van der Waals surface area contributed by atoms with Gasteiger partial charge in [-0.15, -0.1) is 11.3 Å². The number of aryl methyl sites for hydroxylation is 1. The predicted octanol–water partition coefficient (Wildman–Crippen LogP) is 8.37. The molecule has 2 bridgehead atoms. The number of rotatable bonds is 8. The van der Waals surface area contributed by atoms with Crippen LogP contribution in [0.5, 0.6) is 0 Å². The van der Waals surface area contributed by atoms with Gasteiger partial charge in [0.2, 0.25) is 5.91 Å². The first kappa shape index (κ1) is 32.0. The summed E-state index contributed by atoms with van der Waals surface area (Å²) >= 11 is 1.43. The Hall–Kier alpha value is -4.47. The topological polar surface area (TPSA) is 91.8 Å². The molecule has 3 N–H and O–H groups in total. The highest BCUT2D eigenvalue weighted by Crippen LogP contribution is 2.56. The largest absolute Gasteiger partial charge is 0.404 e. The van der Waals surface area contributed by atoms with Crippen LogP contribution in [0.2, 0.25) is 0 Å². The summed E-state index contributed by atoms with van der Waals surface area (Å²) in [6.45, 7) is 17.7.